The SMILES string of the molecule is CCC(C(=O)OCC(=O)Nc1oc(-c2ccccc2)c(-c2ccccc2)c1C#N)c1ccccc1. The smallest absolute Gasteiger partial charge is 0.313 e. The number of benzene rings is 3. The van der Waals surface area contributed by atoms with Crippen molar-refractivity contribution in [3.63, 3.8) is 0 Å². The third-order valence-corrected chi connectivity index (χ3v) is 5.61. The zero-order valence-electron chi connectivity index (χ0n) is 19.2. The van der Waals surface area contributed by atoms with Crippen molar-refractivity contribution in [2.75, 3.05) is 11.9 Å². The van der Waals surface area contributed by atoms with E-state index < -0.39 is 24.4 Å². The summed E-state index contributed by atoms with van der Waals surface area (Å²) in [5.41, 5.74) is 3.17. The van der Waals surface area contributed by atoms with E-state index in [0.717, 1.165) is 16.7 Å². The number of amides is 1. The molecular weight excluding hydrogens is 440 g/mol. The Balaban J connectivity index is 1.56. The maximum absolute atomic E-state index is 12.7. The van der Waals surface area contributed by atoms with Gasteiger partial charge in [-0.15, -0.1) is 0 Å². The van der Waals surface area contributed by atoms with Crippen LogP contribution in [0.1, 0.15) is 30.4 Å². The number of rotatable bonds is 8. The van der Waals surface area contributed by atoms with E-state index >= 15 is 0 Å². The number of hydrogen-bond acceptors (Lipinski definition) is 5. The molecule has 1 aromatic heterocycles. The molecule has 1 amide bonds. The van der Waals surface area contributed by atoms with Crippen LogP contribution in [0, 0.1) is 11.3 Å². The summed E-state index contributed by atoms with van der Waals surface area (Å²) in [7, 11) is 0. The molecule has 0 fully saturated rings. The van der Waals surface area contributed by atoms with Gasteiger partial charge in [-0.2, -0.15) is 5.26 Å². The molecular formula is C29H24N2O4. The van der Waals surface area contributed by atoms with Crippen molar-refractivity contribution >= 4 is 17.8 Å². The highest BCUT2D eigenvalue weighted by Gasteiger charge is 2.25. The van der Waals surface area contributed by atoms with Crippen molar-refractivity contribution < 1.29 is 18.7 Å². The van der Waals surface area contributed by atoms with Crippen molar-refractivity contribution in [3.8, 4) is 28.5 Å². The molecule has 0 aliphatic carbocycles. The number of esters is 1. The van der Waals surface area contributed by atoms with Crippen molar-refractivity contribution in [2.24, 2.45) is 0 Å². The fourth-order valence-electron chi connectivity index (χ4n) is 3.92. The third-order valence-electron chi connectivity index (χ3n) is 5.61. The van der Waals surface area contributed by atoms with Gasteiger partial charge in [0, 0.05) is 11.1 Å². The summed E-state index contributed by atoms with van der Waals surface area (Å²) >= 11 is 0. The fourth-order valence-corrected chi connectivity index (χ4v) is 3.92. The minimum absolute atomic E-state index is 0.0151. The normalized spacial score (nSPS) is 11.3. The van der Waals surface area contributed by atoms with Crippen LogP contribution >= 0.6 is 0 Å². The number of ether oxygens (including phenoxy) is 1. The molecule has 0 saturated heterocycles. The lowest BCUT2D eigenvalue weighted by Gasteiger charge is -2.14. The minimum atomic E-state index is -0.592. The molecule has 0 radical (unpaired) electrons. The van der Waals surface area contributed by atoms with Gasteiger partial charge in [-0.25, -0.2) is 0 Å². The molecule has 1 unspecified atom stereocenters. The van der Waals surface area contributed by atoms with Crippen LogP contribution in [0.5, 0.6) is 0 Å². The Morgan fingerprint density at radius 3 is 2.06 bits per heavy atom. The lowest BCUT2D eigenvalue weighted by Crippen LogP contribution is -2.24. The van der Waals surface area contributed by atoms with E-state index in [2.05, 4.69) is 11.4 Å². The van der Waals surface area contributed by atoms with Crippen LogP contribution < -0.4 is 5.32 Å². The van der Waals surface area contributed by atoms with Gasteiger partial charge in [0.1, 0.15) is 17.4 Å². The van der Waals surface area contributed by atoms with Gasteiger partial charge in [-0.1, -0.05) is 97.9 Å². The molecule has 0 saturated carbocycles. The van der Waals surface area contributed by atoms with Crippen LogP contribution in [0.15, 0.2) is 95.4 Å². The summed E-state index contributed by atoms with van der Waals surface area (Å²) in [6, 6.07) is 30.2. The Labute approximate surface area is 203 Å². The van der Waals surface area contributed by atoms with Crippen LogP contribution in [0.4, 0.5) is 5.88 Å². The van der Waals surface area contributed by atoms with Gasteiger partial charge in [-0.05, 0) is 17.5 Å². The molecule has 0 bridgehead atoms. The number of carbonyl (C=O) groups is 2. The first-order valence-electron chi connectivity index (χ1n) is 11.3. The summed E-state index contributed by atoms with van der Waals surface area (Å²) in [4.78, 5) is 25.3. The molecule has 1 atom stereocenters. The average molecular weight is 465 g/mol. The largest absolute Gasteiger partial charge is 0.455 e. The number of furan rings is 1. The van der Waals surface area contributed by atoms with Crippen molar-refractivity contribution in [1.29, 1.82) is 5.26 Å². The number of hydrogen-bond donors (Lipinski definition) is 1. The van der Waals surface area contributed by atoms with Crippen molar-refractivity contribution in [3.05, 3.63) is 102 Å². The molecule has 6 heteroatoms. The molecule has 0 aliphatic heterocycles. The first-order chi connectivity index (χ1) is 17.1. The van der Waals surface area contributed by atoms with Crippen molar-refractivity contribution in [1.82, 2.24) is 0 Å². The highest BCUT2D eigenvalue weighted by Crippen LogP contribution is 2.41. The lowest BCUT2D eigenvalue weighted by molar-refractivity contribution is -0.149. The van der Waals surface area contributed by atoms with E-state index in [-0.39, 0.29) is 11.4 Å². The third kappa shape index (κ3) is 5.31. The van der Waals surface area contributed by atoms with Crippen LogP contribution in [-0.4, -0.2) is 18.5 Å². The Morgan fingerprint density at radius 1 is 0.914 bits per heavy atom. The highest BCUT2D eigenvalue weighted by molar-refractivity contribution is 5.97. The van der Waals surface area contributed by atoms with Gasteiger partial charge in [0.05, 0.1) is 5.92 Å². The molecule has 1 N–H and O–H groups in total. The minimum Gasteiger partial charge on any atom is -0.455 e. The Hall–Kier alpha value is -4.63. The second-order valence-electron chi connectivity index (χ2n) is 7.88. The summed E-state index contributed by atoms with van der Waals surface area (Å²) < 4.78 is 11.3. The molecule has 6 nitrogen and oxygen atoms in total. The van der Waals surface area contributed by atoms with E-state index in [1.807, 2.05) is 97.9 Å². The Morgan fingerprint density at radius 2 is 1.49 bits per heavy atom. The number of nitrogens with one attached hydrogen (secondary N) is 1. The number of nitriles is 1. The average Bonchev–Trinajstić information content (AvgIpc) is 3.27. The van der Waals surface area contributed by atoms with Crippen LogP contribution in [0.25, 0.3) is 22.5 Å². The molecule has 4 rings (SSSR count). The van der Waals surface area contributed by atoms with Crippen molar-refractivity contribution in [2.45, 2.75) is 19.3 Å². The zero-order valence-corrected chi connectivity index (χ0v) is 19.2. The second kappa shape index (κ2) is 11.0. The lowest BCUT2D eigenvalue weighted by atomic mass is 9.97. The summed E-state index contributed by atoms with van der Waals surface area (Å²) in [5, 5.41) is 12.5. The molecule has 0 spiro atoms. The number of carbonyl (C=O) groups excluding carboxylic acids is 2. The molecule has 3 aromatic carbocycles. The fraction of sp³-hybridized carbons (Fsp3) is 0.138. The topological polar surface area (TPSA) is 92.3 Å². The molecule has 35 heavy (non-hydrogen) atoms. The molecule has 174 valence electrons. The number of anilines is 1. The maximum atomic E-state index is 12.7. The highest BCUT2D eigenvalue weighted by atomic mass is 16.5. The van der Waals surface area contributed by atoms with Crippen LogP contribution in [-0.2, 0) is 14.3 Å². The Bertz CT molecular complexity index is 1340. The number of nitrogens with zero attached hydrogens (tertiary/aromatic N) is 1. The van der Waals surface area contributed by atoms with E-state index in [0.29, 0.717) is 17.7 Å². The standard InChI is InChI=1S/C29H24N2O4/c1-2-23(20-12-6-3-7-13-20)29(33)34-19-25(32)31-28-24(18-30)26(21-14-8-4-9-15-21)27(35-28)22-16-10-5-11-17-22/h3-17,23H,2,19H2,1H3,(H,31,32). The zero-order chi connectivity index (χ0) is 24.6. The van der Waals surface area contributed by atoms with E-state index in [1.165, 1.54) is 0 Å². The molecule has 0 aliphatic rings. The first-order valence-corrected chi connectivity index (χ1v) is 11.3. The predicted molar refractivity (Wildman–Crippen MR) is 133 cm³/mol. The summed E-state index contributed by atoms with van der Waals surface area (Å²) in [6.07, 6.45) is 0.544. The monoisotopic (exact) mass is 464 g/mol. The van der Waals surface area contributed by atoms with Gasteiger partial charge in [0.15, 0.2) is 6.61 Å². The second-order valence-corrected chi connectivity index (χ2v) is 7.88. The van der Waals surface area contributed by atoms with Crippen LogP contribution in [0.3, 0.4) is 0 Å². The van der Waals surface area contributed by atoms with Crippen LogP contribution in [0.2, 0.25) is 0 Å². The maximum Gasteiger partial charge on any atom is 0.313 e. The van der Waals surface area contributed by atoms with E-state index in [9.17, 15) is 14.9 Å². The summed E-state index contributed by atoms with van der Waals surface area (Å²) in [5.74, 6) is -1.05. The Kier molecular flexibility index (Phi) is 7.39. The molecule has 1 heterocycles. The van der Waals surface area contributed by atoms with Gasteiger partial charge in [0.25, 0.3) is 5.91 Å². The van der Waals surface area contributed by atoms with E-state index in [1.54, 1.807) is 0 Å². The summed E-state index contributed by atoms with van der Waals surface area (Å²) in [6.45, 7) is 1.40. The quantitative estimate of drug-likeness (QED) is 0.315. The first kappa shape index (κ1) is 23.5. The molecule has 4 aromatic rings. The van der Waals surface area contributed by atoms with Gasteiger partial charge in [0.2, 0.25) is 5.88 Å². The van der Waals surface area contributed by atoms with Gasteiger partial charge < -0.3 is 9.15 Å². The predicted octanol–water partition coefficient (Wildman–Crippen LogP) is 6.16. The van der Waals surface area contributed by atoms with E-state index in [4.69, 9.17) is 9.15 Å². The van der Waals surface area contributed by atoms with Gasteiger partial charge >= 0.3 is 5.97 Å². The van der Waals surface area contributed by atoms with Gasteiger partial charge in [-0.3, -0.25) is 14.9 Å².